The van der Waals surface area contributed by atoms with Crippen molar-refractivity contribution in [2.24, 2.45) is 0 Å². The smallest absolute Gasteiger partial charge is 0.247 e. The number of methoxy groups -OCH3 is 1. The number of benzene rings is 1. The number of nitrogens with one attached hydrogen (secondary N) is 1. The Morgan fingerprint density at radius 3 is 2.69 bits per heavy atom. The number of carbonyl (C=O) groups excluding carboxylic acids is 3. The average Bonchev–Trinajstić information content (AvgIpc) is 3.27. The molecule has 2 aliphatic rings. The van der Waals surface area contributed by atoms with Crippen LogP contribution < -0.4 is 14.8 Å². The molecule has 198 valence electrons. The summed E-state index contributed by atoms with van der Waals surface area (Å²) in [5, 5.41) is 23.4. The predicted molar refractivity (Wildman–Crippen MR) is 131 cm³/mol. The van der Waals surface area contributed by atoms with E-state index >= 15 is 0 Å². The third-order valence-electron chi connectivity index (χ3n) is 6.45. The maximum atomic E-state index is 13.2. The lowest BCUT2D eigenvalue weighted by atomic mass is 9.77. The van der Waals surface area contributed by atoms with Crippen molar-refractivity contribution in [2.45, 2.75) is 57.3 Å². The normalized spacial score (nSPS) is 22.1. The summed E-state index contributed by atoms with van der Waals surface area (Å²) in [4.78, 5) is 39.5. The summed E-state index contributed by atoms with van der Waals surface area (Å²) >= 11 is 0. The van der Waals surface area contributed by atoms with Gasteiger partial charge in [0.05, 0.1) is 25.7 Å². The van der Waals surface area contributed by atoms with E-state index in [0.717, 1.165) is 0 Å². The third kappa shape index (κ3) is 5.71. The van der Waals surface area contributed by atoms with E-state index in [9.17, 15) is 24.6 Å². The van der Waals surface area contributed by atoms with Crippen LogP contribution in [0.25, 0.3) is 0 Å². The number of hydrogen-bond donors (Lipinski definition) is 3. The molecule has 10 nitrogen and oxygen atoms in total. The van der Waals surface area contributed by atoms with Gasteiger partial charge in [0.2, 0.25) is 11.8 Å². The molecule has 3 N–H and O–H groups in total. The van der Waals surface area contributed by atoms with E-state index in [2.05, 4.69) is 5.32 Å². The van der Waals surface area contributed by atoms with E-state index in [-0.39, 0.29) is 19.1 Å². The second-order valence-electron chi connectivity index (χ2n) is 8.79. The van der Waals surface area contributed by atoms with Crippen molar-refractivity contribution in [3.8, 4) is 11.5 Å². The number of rotatable bonds is 13. The van der Waals surface area contributed by atoms with E-state index in [0.29, 0.717) is 73.5 Å². The lowest BCUT2D eigenvalue weighted by Crippen LogP contribution is -2.56. The second kappa shape index (κ2) is 12.8. The topological polar surface area (TPSA) is 135 Å². The average molecular weight is 505 g/mol. The molecule has 0 saturated carbocycles. The van der Waals surface area contributed by atoms with Crippen LogP contribution in [0.1, 0.15) is 54.9 Å². The molecule has 0 saturated heterocycles. The Bertz CT molecular complexity index is 979. The largest absolute Gasteiger partial charge is 0.493 e. The summed E-state index contributed by atoms with van der Waals surface area (Å²) in [6.07, 6.45) is 1.76. The number of fused-ring (bicyclic) bond motifs is 3. The van der Waals surface area contributed by atoms with E-state index < -0.39 is 30.1 Å². The van der Waals surface area contributed by atoms with Gasteiger partial charge in [0, 0.05) is 49.4 Å². The molecular weight excluding hydrogens is 468 g/mol. The quantitative estimate of drug-likeness (QED) is 0.269. The first-order chi connectivity index (χ1) is 17.4. The summed E-state index contributed by atoms with van der Waals surface area (Å²) < 4.78 is 17.0. The number of amides is 2. The summed E-state index contributed by atoms with van der Waals surface area (Å²) in [7, 11) is 1.45. The molecule has 0 fully saturated rings. The molecule has 1 aromatic rings. The van der Waals surface area contributed by atoms with Crippen molar-refractivity contribution in [3.05, 3.63) is 34.9 Å². The standard InChI is InChI=1S/C26H36N2O8/c1-4-7-21(31)28(9-6-11-35-5-2)19-14-18(26(33)27-8-10-29)22-17-12-16(15-30)13-20(34-3)24(17)36-25(22)23(19)32/h12-15,19,22-23,25,29,32H,4-11H2,1-3H3,(H,27,33)/t19-,22+,23+,25+/m1/s1. The van der Waals surface area contributed by atoms with Crippen LogP contribution in [0.15, 0.2) is 23.8 Å². The molecule has 3 rings (SSSR count). The van der Waals surface area contributed by atoms with E-state index in [4.69, 9.17) is 14.2 Å². The zero-order chi connectivity index (χ0) is 26.2. The number of aldehydes is 1. The molecular formula is C26H36N2O8. The minimum atomic E-state index is -1.14. The first kappa shape index (κ1) is 27.6. The van der Waals surface area contributed by atoms with Crippen LogP contribution in [0.2, 0.25) is 0 Å². The van der Waals surface area contributed by atoms with E-state index in [1.165, 1.54) is 13.2 Å². The van der Waals surface area contributed by atoms with Crippen molar-refractivity contribution in [1.29, 1.82) is 0 Å². The number of nitrogens with zero attached hydrogens (tertiary/aromatic N) is 1. The minimum absolute atomic E-state index is 0.0407. The monoisotopic (exact) mass is 504 g/mol. The van der Waals surface area contributed by atoms with Crippen LogP contribution in [-0.2, 0) is 14.3 Å². The number of hydrogen-bond acceptors (Lipinski definition) is 8. The van der Waals surface area contributed by atoms with Gasteiger partial charge in [-0.05, 0) is 38.0 Å². The fourth-order valence-corrected chi connectivity index (χ4v) is 4.84. The van der Waals surface area contributed by atoms with Crippen LogP contribution >= 0.6 is 0 Å². The highest BCUT2D eigenvalue weighted by Crippen LogP contribution is 2.51. The zero-order valence-corrected chi connectivity index (χ0v) is 21.1. The van der Waals surface area contributed by atoms with Gasteiger partial charge in [-0.15, -0.1) is 0 Å². The first-order valence-corrected chi connectivity index (χ1v) is 12.4. The molecule has 0 radical (unpaired) electrons. The van der Waals surface area contributed by atoms with Crippen molar-refractivity contribution in [3.63, 3.8) is 0 Å². The molecule has 36 heavy (non-hydrogen) atoms. The lowest BCUT2D eigenvalue weighted by molar-refractivity contribution is -0.137. The highest BCUT2D eigenvalue weighted by Gasteiger charge is 2.51. The second-order valence-corrected chi connectivity index (χ2v) is 8.79. The van der Waals surface area contributed by atoms with Gasteiger partial charge in [-0.25, -0.2) is 0 Å². The molecule has 4 atom stereocenters. The van der Waals surface area contributed by atoms with Crippen molar-refractivity contribution < 1.29 is 38.8 Å². The number of aliphatic hydroxyl groups excluding tert-OH is 2. The van der Waals surface area contributed by atoms with Crippen LogP contribution in [0.4, 0.5) is 0 Å². The number of aliphatic hydroxyl groups is 2. The molecule has 1 aliphatic heterocycles. The maximum absolute atomic E-state index is 13.2. The number of ether oxygens (including phenoxy) is 3. The first-order valence-electron chi connectivity index (χ1n) is 12.4. The van der Waals surface area contributed by atoms with Gasteiger partial charge in [0.1, 0.15) is 18.5 Å². The van der Waals surface area contributed by atoms with Gasteiger partial charge in [-0.1, -0.05) is 6.92 Å². The molecule has 1 aliphatic carbocycles. The molecule has 0 spiro atoms. The molecule has 2 amide bonds. The Balaban J connectivity index is 2.07. The van der Waals surface area contributed by atoms with Crippen LogP contribution in [0, 0.1) is 0 Å². The van der Waals surface area contributed by atoms with E-state index in [1.807, 2.05) is 13.8 Å². The molecule has 10 heteroatoms. The Kier molecular flexibility index (Phi) is 9.86. The van der Waals surface area contributed by atoms with Gasteiger partial charge >= 0.3 is 0 Å². The SMILES string of the molecule is CCCC(=O)N(CCCOCC)[C@@H]1C=C(C(=O)NCCO)[C@@H]2c3cc(C=O)cc(OC)c3O[C@@H]2[C@H]1O. The fraction of sp³-hybridized carbons (Fsp3) is 0.577. The third-order valence-corrected chi connectivity index (χ3v) is 6.45. The summed E-state index contributed by atoms with van der Waals surface area (Å²) in [6, 6.07) is 2.35. The lowest BCUT2D eigenvalue weighted by Gasteiger charge is -2.40. The highest BCUT2D eigenvalue weighted by molar-refractivity contribution is 5.96. The van der Waals surface area contributed by atoms with Crippen LogP contribution in [0.5, 0.6) is 11.5 Å². The van der Waals surface area contributed by atoms with Gasteiger partial charge in [-0.3, -0.25) is 14.4 Å². The molecule has 0 aromatic heterocycles. The van der Waals surface area contributed by atoms with Gasteiger partial charge in [-0.2, -0.15) is 0 Å². The number of carbonyl (C=O) groups is 3. The highest BCUT2D eigenvalue weighted by atomic mass is 16.5. The predicted octanol–water partition coefficient (Wildman–Crippen LogP) is 1.19. The van der Waals surface area contributed by atoms with Crippen LogP contribution in [0.3, 0.4) is 0 Å². The molecule has 0 bridgehead atoms. The Hall–Kier alpha value is -2.95. The van der Waals surface area contributed by atoms with Gasteiger partial charge < -0.3 is 34.6 Å². The molecule has 1 aromatic carbocycles. The Labute approximate surface area is 211 Å². The zero-order valence-electron chi connectivity index (χ0n) is 21.1. The van der Waals surface area contributed by atoms with Gasteiger partial charge in [0.25, 0.3) is 0 Å². The molecule has 0 unspecified atom stereocenters. The van der Waals surface area contributed by atoms with Crippen molar-refractivity contribution in [1.82, 2.24) is 10.2 Å². The Morgan fingerprint density at radius 1 is 1.28 bits per heavy atom. The van der Waals surface area contributed by atoms with Crippen LogP contribution in [-0.4, -0.2) is 91.5 Å². The summed E-state index contributed by atoms with van der Waals surface area (Å²) in [5.74, 6) is -0.607. The Morgan fingerprint density at radius 2 is 2.06 bits per heavy atom. The summed E-state index contributed by atoms with van der Waals surface area (Å²) in [6.45, 7) is 4.96. The maximum Gasteiger partial charge on any atom is 0.247 e. The summed E-state index contributed by atoms with van der Waals surface area (Å²) in [5.41, 5.74) is 1.19. The fourth-order valence-electron chi connectivity index (χ4n) is 4.84. The molecule has 1 heterocycles. The van der Waals surface area contributed by atoms with E-state index in [1.54, 1.807) is 17.0 Å². The van der Waals surface area contributed by atoms with Crippen molar-refractivity contribution in [2.75, 3.05) is 40.0 Å². The van der Waals surface area contributed by atoms with Gasteiger partial charge in [0.15, 0.2) is 11.5 Å². The van der Waals surface area contributed by atoms with Crippen molar-refractivity contribution >= 4 is 18.1 Å². The minimum Gasteiger partial charge on any atom is -0.493 e.